The van der Waals surface area contributed by atoms with Gasteiger partial charge in [0.15, 0.2) is 5.78 Å². The van der Waals surface area contributed by atoms with Gasteiger partial charge in [0, 0.05) is 30.1 Å². The summed E-state index contributed by atoms with van der Waals surface area (Å²) in [7, 11) is 0. The third-order valence-electron chi connectivity index (χ3n) is 2.37. The average Bonchev–Trinajstić information content (AvgIpc) is 2.39. The normalized spacial score (nSPS) is 10.1. The second-order valence-corrected chi connectivity index (χ2v) is 3.47. The zero-order valence-electron chi connectivity index (χ0n) is 8.76. The van der Waals surface area contributed by atoms with Gasteiger partial charge in [0.2, 0.25) is 0 Å². The smallest absolute Gasteiger partial charge is 0.193 e. The highest BCUT2D eigenvalue weighted by atomic mass is 16.1. The van der Waals surface area contributed by atoms with Gasteiger partial charge in [-0.25, -0.2) is 0 Å². The monoisotopic (exact) mass is 212 g/mol. The molecular weight excluding hydrogens is 200 g/mol. The first-order valence-corrected chi connectivity index (χ1v) is 5.05. The molecule has 1 aromatic carbocycles. The lowest BCUT2D eigenvalue weighted by atomic mass is 10.0. The summed E-state index contributed by atoms with van der Waals surface area (Å²) < 4.78 is 0. The van der Waals surface area contributed by atoms with Crippen molar-refractivity contribution in [3.8, 4) is 0 Å². The van der Waals surface area contributed by atoms with Gasteiger partial charge in [-0.05, 0) is 23.8 Å². The number of carbonyl (C=O) groups is 1. The minimum absolute atomic E-state index is 0.00213. The topological polar surface area (TPSA) is 56.0 Å². The van der Waals surface area contributed by atoms with Crippen LogP contribution in [0.15, 0.2) is 48.8 Å². The van der Waals surface area contributed by atoms with Crippen molar-refractivity contribution in [1.82, 2.24) is 4.98 Å². The molecule has 0 aliphatic rings. The summed E-state index contributed by atoms with van der Waals surface area (Å²) in [5, 5.41) is 0. The van der Waals surface area contributed by atoms with Gasteiger partial charge >= 0.3 is 0 Å². The van der Waals surface area contributed by atoms with Gasteiger partial charge in [0.05, 0.1) is 0 Å². The number of hydrogen-bond donors (Lipinski definition) is 1. The zero-order chi connectivity index (χ0) is 11.4. The van der Waals surface area contributed by atoms with E-state index >= 15 is 0 Å². The van der Waals surface area contributed by atoms with Gasteiger partial charge in [-0.15, -0.1) is 0 Å². The Morgan fingerprint density at radius 1 is 1.12 bits per heavy atom. The molecule has 2 rings (SSSR count). The summed E-state index contributed by atoms with van der Waals surface area (Å²) in [5.74, 6) is -0.00213. The second-order valence-electron chi connectivity index (χ2n) is 3.47. The average molecular weight is 212 g/mol. The maximum absolute atomic E-state index is 12.0. The molecule has 0 aliphatic heterocycles. The summed E-state index contributed by atoms with van der Waals surface area (Å²) in [6, 6.07) is 10.8. The highest BCUT2D eigenvalue weighted by molar-refractivity contribution is 6.08. The number of ketones is 1. The molecule has 80 valence electrons. The summed E-state index contributed by atoms with van der Waals surface area (Å²) in [4.78, 5) is 15.9. The zero-order valence-corrected chi connectivity index (χ0v) is 8.76. The van der Waals surface area contributed by atoms with E-state index in [1.165, 1.54) is 0 Å². The molecule has 0 bridgehead atoms. The highest BCUT2D eigenvalue weighted by Gasteiger charge is 2.08. The van der Waals surface area contributed by atoms with Gasteiger partial charge in [-0.2, -0.15) is 0 Å². The van der Waals surface area contributed by atoms with Crippen molar-refractivity contribution in [1.29, 1.82) is 0 Å². The van der Waals surface area contributed by atoms with Crippen molar-refractivity contribution in [2.24, 2.45) is 5.73 Å². The van der Waals surface area contributed by atoms with E-state index in [-0.39, 0.29) is 5.78 Å². The molecule has 0 fully saturated rings. The molecule has 3 heteroatoms. The Morgan fingerprint density at radius 2 is 1.88 bits per heavy atom. The molecule has 1 heterocycles. The van der Waals surface area contributed by atoms with Crippen LogP contribution in [0, 0.1) is 0 Å². The summed E-state index contributed by atoms with van der Waals surface area (Å²) in [6.07, 6.45) is 3.22. The van der Waals surface area contributed by atoms with Crippen LogP contribution in [0.5, 0.6) is 0 Å². The molecule has 0 saturated heterocycles. The molecular formula is C13H12N2O. The number of pyridine rings is 1. The van der Waals surface area contributed by atoms with E-state index < -0.39 is 0 Å². The minimum atomic E-state index is -0.00213. The van der Waals surface area contributed by atoms with E-state index in [1.54, 1.807) is 30.6 Å². The fourth-order valence-corrected chi connectivity index (χ4v) is 1.51. The predicted molar refractivity (Wildman–Crippen MR) is 62.0 cm³/mol. The van der Waals surface area contributed by atoms with E-state index in [0.29, 0.717) is 17.7 Å². The van der Waals surface area contributed by atoms with Crippen LogP contribution in [0.1, 0.15) is 21.5 Å². The van der Waals surface area contributed by atoms with E-state index in [9.17, 15) is 4.79 Å². The van der Waals surface area contributed by atoms with Crippen molar-refractivity contribution in [3.63, 3.8) is 0 Å². The third-order valence-corrected chi connectivity index (χ3v) is 2.37. The Kier molecular flexibility index (Phi) is 3.08. The highest BCUT2D eigenvalue weighted by Crippen LogP contribution is 2.10. The first kappa shape index (κ1) is 10.5. The van der Waals surface area contributed by atoms with Gasteiger partial charge < -0.3 is 5.73 Å². The minimum Gasteiger partial charge on any atom is -0.326 e. The molecule has 3 nitrogen and oxygen atoms in total. The van der Waals surface area contributed by atoms with E-state index in [0.717, 1.165) is 5.56 Å². The van der Waals surface area contributed by atoms with Gasteiger partial charge in [-0.3, -0.25) is 9.78 Å². The molecule has 0 saturated carbocycles. The predicted octanol–water partition coefficient (Wildman–Crippen LogP) is 1.77. The molecule has 0 unspecified atom stereocenters. The number of carbonyl (C=O) groups excluding carboxylic acids is 1. The molecule has 2 aromatic rings. The van der Waals surface area contributed by atoms with Gasteiger partial charge in [0.1, 0.15) is 0 Å². The van der Waals surface area contributed by atoms with Crippen LogP contribution in [0.3, 0.4) is 0 Å². The fraction of sp³-hybridized carbons (Fsp3) is 0.0769. The maximum atomic E-state index is 12.0. The Balaban J connectivity index is 2.34. The maximum Gasteiger partial charge on any atom is 0.193 e. The van der Waals surface area contributed by atoms with Crippen molar-refractivity contribution in [2.45, 2.75) is 6.54 Å². The lowest BCUT2D eigenvalue weighted by molar-refractivity contribution is 0.103. The third kappa shape index (κ3) is 2.15. The SMILES string of the molecule is NCc1cccc(C(=O)c2ccncc2)c1. The number of benzene rings is 1. The molecule has 0 amide bonds. The van der Waals surface area contributed by atoms with Crippen LogP contribution in [-0.2, 0) is 6.54 Å². The summed E-state index contributed by atoms with van der Waals surface area (Å²) in [6.45, 7) is 0.442. The quantitative estimate of drug-likeness (QED) is 0.789. The lowest BCUT2D eigenvalue weighted by Crippen LogP contribution is -2.03. The van der Waals surface area contributed by atoms with Crippen molar-refractivity contribution >= 4 is 5.78 Å². The molecule has 0 atom stereocenters. The van der Waals surface area contributed by atoms with Crippen molar-refractivity contribution in [2.75, 3.05) is 0 Å². The Morgan fingerprint density at radius 3 is 2.56 bits per heavy atom. The van der Waals surface area contributed by atoms with Crippen molar-refractivity contribution in [3.05, 3.63) is 65.5 Å². The first-order chi connectivity index (χ1) is 7.81. The Bertz CT molecular complexity index is 494. The van der Waals surface area contributed by atoms with Crippen LogP contribution in [-0.4, -0.2) is 10.8 Å². The number of hydrogen-bond acceptors (Lipinski definition) is 3. The molecule has 0 aliphatic carbocycles. The number of rotatable bonds is 3. The van der Waals surface area contributed by atoms with Crippen LogP contribution in [0.2, 0.25) is 0 Å². The Labute approximate surface area is 93.9 Å². The summed E-state index contributed by atoms with van der Waals surface area (Å²) >= 11 is 0. The molecule has 0 radical (unpaired) electrons. The summed E-state index contributed by atoms with van der Waals surface area (Å²) in [5.41, 5.74) is 7.80. The van der Waals surface area contributed by atoms with E-state index in [1.807, 2.05) is 18.2 Å². The second kappa shape index (κ2) is 4.68. The van der Waals surface area contributed by atoms with Crippen LogP contribution >= 0.6 is 0 Å². The molecule has 2 N–H and O–H groups in total. The van der Waals surface area contributed by atoms with Gasteiger partial charge in [0.25, 0.3) is 0 Å². The molecule has 16 heavy (non-hydrogen) atoms. The molecule has 1 aromatic heterocycles. The van der Waals surface area contributed by atoms with Crippen LogP contribution < -0.4 is 5.73 Å². The lowest BCUT2D eigenvalue weighted by Gasteiger charge is -2.02. The first-order valence-electron chi connectivity index (χ1n) is 5.05. The standard InChI is InChI=1S/C13H12N2O/c14-9-10-2-1-3-12(8-10)13(16)11-4-6-15-7-5-11/h1-8H,9,14H2. The number of aromatic nitrogens is 1. The number of nitrogens with two attached hydrogens (primary N) is 1. The largest absolute Gasteiger partial charge is 0.326 e. The van der Waals surface area contributed by atoms with Crippen LogP contribution in [0.4, 0.5) is 0 Å². The van der Waals surface area contributed by atoms with Crippen molar-refractivity contribution < 1.29 is 4.79 Å². The number of nitrogens with zero attached hydrogens (tertiary/aromatic N) is 1. The fourth-order valence-electron chi connectivity index (χ4n) is 1.51. The van der Waals surface area contributed by atoms with E-state index in [2.05, 4.69) is 4.98 Å². The van der Waals surface area contributed by atoms with Crippen LogP contribution in [0.25, 0.3) is 0 Å². The van der Waals surface area contributed by atoms with E-state index in [4.69, 9.17) is 5.73 Å². The van der Waals surface area contributed by atoms with Gasteiger partial charge in [-0.1, -0.05) is 18.2 Å². The molecule has 0 spiro atoms. The Hall–Kier alpha value is -2.00.